The fourth-order valence-electron chi connectivity index (χ4n) is 4.52. The van der Waals surface area contributed by atoms with E-state index < -0.39 is 0 Å². The highest BCUT2D eigenvalue weighted by Crippen LogP contribution is 2.25. The van der Waals surface area contributed by atoms with Crippen molar-refractivity contribution >= 4 is 52.6 Å². The first-order valence-electron chi connectivity index (χ1n) is 13.2. The molecule has 1 fully saturated rings. The summed E-state index contributed by atoms with van der Waals surface area (Å²) in [5.41, 5.74) is 0.620. The molecule has 38 heavy (non-hydrogen) atoms. The Morgan fingerprint density at radius 3 is 2.53 bits per heavy atom. The van der Waals surface area contributed by atoms with Gasteiger partial charge in [0.1, 0.15) is 11.0 Å². The van der Waals surface area contributed by atoms with Gasteiger partial charge in [-0.15, -0.1) is 0 Å². The molecule has 2 atom stereocenters. The zero-order valence-corrected chi connectivity index (χ0v) is 25.0. The van der Waals surface area contributed by atoms with E-state index in [9.17, 15) is 9.59 Å². The van der Waals surface area contributed by atoms with Crippen molar-refractivity contribution in [1.29, 1.82) is 0 Å². The number of benzene rings is 1. The second kappa shape index (κ2) is 14.9. The summed E-state index contributed by atoms with van der Waals surface area (Å²) in [5.74, 6) is 0.862. The summed E-state index contributed by atoms with van der Waals surface area (Å²) in [6.45, 7) is 13.3. The smallest absolute Gasteiger partial charge is 0.254 e. The number of piperazine rings is 1. The number of hydrogen-bond donors (Lipinski definition) is 1. The third-order valence-electron chi connectivity index (χ3n) is 6.71. The minimum atomic E-state index is -0.0431. The maximum Gasteiger partial charge on any atom is 0.254 e. The lowest BCUT2D eigenvalue weighted by Gasteiger charge is -2.40. The van der Waals surface area contributed by atoms with Crippen LogP contribution in [0.5, 0.6) is 0 Å². The number of carbonyl (C=O) groups is 2. The van der Waals surface area contributed by atoms with Crippen LogP contribution in [0.25, 0.3) is 0 Å². The Kier molecular flexibility index (Phi) is 12.0. The maximum absolute atomic E-state index is 13.0. The van der Waals surface area contributed by atoms with E-state index in [0.29, 0.717) is 46.3 Å². The number of hydrogen-bond acceptors (Lipinski definition) is 7. The van der Waals surface area contributed by atoms with E-state index in [1.54, 1.807) is 30.3 Å². The quantitative estimate of drug-likeness (QED) is 0.218. The van der Waals surface area contributed by atoms with Crippen LogP contribution in [0.1, 0.15) is 50.9 Å². The minimum Gasteiger partial charge on any atom is -0.353 e. The van der Waals surface area contributed by atoms with Crippen molar-refractivity contribution in [2.45, 2.75) is 57.8 Å². The second-order valence-electron chi connectivity index (χ2n) is 9.56. The number of halogens is 2. The van der Waals surface area contributed by atoms with Crippen LogP contribution >= 0.6 is 35.0 Å². The first kappa shape index (κ1) is 30.5. The number of amides is 2. The molecule has 1 saturated heterocycles. The molecule has 2 aromatic rings. The maximum atomic E-state index is 13.0. The van der Waals surface area contributed by atoms with E-state index >= 15 is 0 Å². The number of anilines is 1. The summed E-state index contributed by atoms with van der Waals surface area (Å²) < 4.78 is 0. The molecule has 0 saturated carbocycles. The molecular formula is C27H38Cl2N6O2S. The van der Waals surface area contributed by atoms with Gasteiger partial charge in [0.15, 0.2) is 5.16 Å². The molecule has 208 valence electrons. The van der Waals surface area contributed by atoms with Gasteiger partial charge in [-0.3, -0.25) is 9.59 Å². The van der Waals surface area contributed by atoms with E-state index in [-0.39, 0.29) is 29.7 Å². The van der Waals surface area contributed by atoms with Crippen LogP contribution in [0.3, 0.4) is 0 Å². The highest BCUT2D eigenvalue weighted by Gasteiger charge is 2.29. The highest BCUT2D eigenvalue weighted by atomic mass is 35.5. The minimum absolute atomic E-state index is 0.0147. The third kappa shape index (κ3) is 9.00. The summed E-state index contributed by atoms with van der Waals surface area (Å²) in [7, 11) is 0. The molecule has 1 aliphatic rings. The van der Waals surface area contributed by atoms with Crippen molar-refractivity contribution in [1.82, 2.24) is 25.1 Å². The summed E-state index contributed by atoms with van der Waals surface area (Å²) in [6, 6.07) is 8.78. The van der Waals surface area contributed by atoms with E-state index in [0.717, 1.165) is 32.5 Å². The molecule has 0 radical (unpaired) electrons. The van der Waals surface area contributed by atoms with Crippen LogP contribution in [0, 0.1) is 0 Å². The standard InChI is InChI=1S/C27H38Cl2N6O2S/c1-5-33(6-2)13-7-8-19(3)30-25(36)18-38-27-31-23(29)16-24(32-27)34-14-15-35(20(4)17-34)26(37)21-9-11-22(28)12-10-21/h9-12,16,19-20H,5-8,13-15,17-18H2,1-4H3,(H,30,36). The molecule has 2 heterocycles. The molecule has 0 bridgehead atoms. The molecule has 1 aromatic heterocycles. The van der Waals surface area contributed by atoms with Gasteiger partial charge in [-0.25, -0.2) is 9.97 Å². The van der Waals surface area contributed by atoms with Gasteiger partial charge in [-0.05, 0) is 70.6 Å². The van der Waals surface area contributed by atoms with Crippen LogP contribution in [-0.4, -0.2) is 88.7 Å². The van der Waals surface area contributed by atoms with Gasteiger partial charge in [0.25, 0.3) is 5.91 Å². The molecule has 3 rings (SSSR count). The Morgan fingerprint density at radius 1 is 1.16 bits per heavy atom. The van der Waals surface area contributed by atoms with Crippen LogP contribution in [0.15, 0.2) is 35.5 Å². The Balaban J connectivity index is 1.51. The second-order valence-corrected chi connectivity index (χ2v) is 11.3. The van der Waals surface area contributed by atoms with E-state index in [2.05, 4.69) is 38.9 Å². The topological polar surface area (TPSA) is 81.7 Å². The molecule has 1 aliphatic heterocycles. The number of nitrogens with one attached hydrogen (secondary N) is 1. The lowest BCUT2D eigenvalue weighted by Crippen LogP contribution is -2.54. The van der Waals surface area contributed by atoms with Crippen molar-refractivity contribution in [2.24, 2.45) is 0 Å². The van der Waals surface area contributed by atoms with Gasteiger partial charge in [0.2, 0.25) is 5.91 Å². The van der Waals surface area contributed by atoms with Crippen LogP contribution in [-0.2, 0) is 4.79 Å². The van der Waals surface area contributed by atoms with Gasteiger partial charge < -0.3 is 20.0 Å². The van der Waals surface area contributed by atoms with Gasteiger partial charge in [-0.2, -0.15) is 0 Å². The van der Waals surface area contributed by atoms with Gasteiger partial charge >= 0.3 is 0 Å². The zero-order valence-electron chi connectivity index (χ0n) is 22.6. The van der Waals surface area contributed by atoms with Crippen molar-refractivity contribution < 1.29 is 9.59 Å². The summed E-state index contributed by atoms with van der Waals surface area (Å²) in [5, 5.41) is 4.46. The number of aromatic nitrogens is 2. The van der Waals surface area contributed by atoms with Crippen molar-refractivity contribution in [3.63, 3.8) is 0 Å². The highest BCUT2D eigenvalue weighted by molar-refractivity contribution is 7.99. The Bertz CT molecular complexity index is 1070. The molecule has 0 spiro atoms. The fourth-order valence-corrected chi connectivity index (χ4v) is 5.54. The first-order chi connectivity index (χ1) is 18.2. The molecule has 0 aliphatic carbocycles. The van der Waals surface area contributed by atoms with E-state index in [4.69, 9.17) is 23.2 Å². The third-order valence-corrected chi connectivity index (χ3v) is 8.00. The van der Waals surface area contributed by atoms with Gasteiger partial charge in [0.05, 0.1) is 5.75 Å². The Hall–Kier alpha value is -2.07. The summed E-state index contributed by atoms with van der Waals surface area (Å²) in [4.78, 5) is 40.8. The number of carbonyl (C=O) groups excluding carboxylic acids is 2. The van der Waals surface area contributed by atoms with Crippen molar-refractivity contribution in [2.75, 3.05) is 49.9 Å². The number of rotatable bonds is 12. The summed E-state index contributed by atoms with van der Waals surface area (Å²) >= 11 is 13.5. The Morgan fingerprint density at radius 2 is 1.87 bits per heavy atom. The molecule has 1 N–H and O–H groups in total. The fraction of sp³-hybridized carbons (Fsp3) is 0.556. The normalized spacial score (nSPS) is 16.6. The Labute approximate surface area is 240 Å². The molecule has 2 amide bonds. The molecule has 2 unspecified atom stereocenters. The number of thioether (sulfide) groups is 1. The average Bonchev–Trinajstić information content (AvgIpc) is 2.89. The monoisotopic (exact) mass is 580 g/mol. The molecule has 1 aromatic carbocycles. The van der Waals surface area contributed by atoms with Crippen molar-refractivity contribution in [3.8, 4) is 0 Å². The predicted octanol–water partition coefficient (Wildman–Crippen LogP) is 4.85. The molecular weight excluding hydrogens is 543 g/mol. The lowest BCUT2D eigenvalue weighted by molar-refractivity contribution is -0.119. The zero-order chi connectivity index (χ0) is 27.7. The average molecular weight is 582 g/mol. The molecule has 11 heteroatoms. The molecule has 8 nitrogen and oxygen atoms in total. The van der Waals surface area contributed by atoms with Crippen LogP contribution < -0.4 is 10.2 Å². The lowest BCUT2D eigenvalue weighted by atomic mass is 10.1. The van der Waals surface area contributed by atoms with Crippen LogP contribution in [0.2, 0.25) is 10.2 Å². The van der Waals surface area contributed by atoms with E-state index in [1.807, 2.05) is 18.7 Å². The van der Waals surface area contributed by atoms with Gasteiger partial charge in [-0.1, -0.05) is 48.8 Å². The van der Waals surface area contributed by atoms with Crippen LogP contribution in [0.4, 0.5) is 5.82 Å². The van der Waals surface area contributed by atoms with Crippen molar-refractivity contribution in [3.05, 3.63) is 46.1 Å². The SMILES string of the molecule is CCN(CC)CCCC(C)NC(=O)CSc1nc(Cl)cc(N2CCN(C(=O)c3ccc(Cl)cc3)C(C)C2)n1. The van der Waals surface area contributed by atoms with E-state index in [1.165, 1.54) is 11.8 Å². The summed E-state index contributed by atoms with van der Waals surface area (Å²) in [6.07, 6.45) is 1.99. The van der Waals surface area contributed by atoms with Gasteiger partial charge in [0, 0.05) is 48.4 Å². The first-order valence-corrected chi connectivity index (χ1v) is 14.9. The predicted molar refractivity (Wildman–Crippen MR) is 157 cm³/mol. The largest absolute Gasteiger partial charge is 0.353 e. The number of nitrogens with zero attached hydrogens (tertiary/aromatic N) is 5.